The topological polar surface area (TPSA) is 109 Å². The Kier molecular flexibility index (Phi) is 6.91. The molecule has 2 N–H and O–H groups in total. The molecule has 1 rings (SSSR count). The van der Waals surface area contributed by atoms with Crippen molar-refractivity contribution >= 4 is 25.8 Å². The molecule has 0 saturated carbocycles. The van der Waals surface area contributed by atoms with E-state index in [1.54, 1.807) is 27.7 Å². The Balaban J connectivity index is 2.93. The van der Waals surface area contributed by atoms with E-state index in [9.17, 15) is 21.6 Å². The van der Waals surface area contributed by atoms with E-state index in [0.29, 0.717) is 6.42 Å². The van der Waals surface area contributed by atoms with Gasteiger partial charge in [-0.3, -0.25) is 4.79 Å². The van der Waals surface area contributed by atoms with Gasteiger partial charge in [-0.1, -0.05) is 27.7 Å². The maximum absolute atomic E-state index is 12.2. The monoisotopic (exact) mass is 390 g/mol. The van der Waals surface area contributed by atoms with E-state index in [2.05, 4.69) is 9.44 Å². The van der Waals surface area contributed by atoms with Crippen molar-refractivity contribution in [2.75, 3.05) is 6.54 Å². The largest absolute Gasteiger partial charge is 0.298 e. The van der Waals surface area contributed by atoms with Crippen molar-refractivity contribution in [3.63, 3.8) is 0 Å². The highest BCUT2D eigenvalue weighted by molar-refractivity contribution is 7.90. The van der Waals surface area contributed by atoms with E-state index in [0.717, 1.165) is 0 Å². The average molecular weight is 391 g/mol. The fourth-order valence-electron chi connectivity index (χ4n) is 1.72. The van der Waals surface area contributed by atoms with Gasteiger partial charge in [-0.2, -0.15) is 0 Å². The Hall–Kier alpha value is -1.29. The summed E-state index contributed by atoms with van der Waals surface area (Å²) in [5.74, 6) is -0.243. The van der Waals surface area contributed by atoms with Gasteiger partial charge >= 0.3 is 0 Å². The predicted octanol–water partition coefficient (Wildman–Crippen LogP) is 1.66. The summed E-state index contributed by atoms with van der Waals surface area (Å²) in [6, 6.07) is 4.64. The lowest BCUT2D eigenvalue weighted by Gasteiger charge is -2.17. The van der Waals surface area contributed by atoms with Gasteiger partial charge in [0.25, 0.3) is 0 Å². The molecule has 1 unspecified atom stereocenters. The molecule has 0 radical (unpaired) electrons. The van der Waals surface area contributed by atoms with Crippen LogP contribution in [0.5, 0.6) is 0 Å². The lowest BCUT2D eigenvalue weighted by Crippen LogP contribution is -2.35. The molecule has 1 aromatic carbocycles. The van der Waals surface area contributed by atoms with Crippen molar-refractivity contribution in [3.8, 4) is 0 Å². The highest BCUT2D eigenvalue weighted by Crippen LogP contribution is 2.17. The van der Waals surface area contributed by atoms with Crippen molar-refractivity contribution in [3.05, 3.63) is 24.3 Å². The molecule has 0 fully saturated rings. The van der Waals surface area contributed by atoms with Crippen LogP contribution < -0.4 is 9.44 Å². The molecular weight excluding hydrogens is 364 g/mol. The fourth-order valence-corrected chi connectivity index (χ4v) is 4.03. The number of ketones is 1. The van der Waals surface area contributed by atoms with Gasteiger partial charge in [0.1, 0.15) is 0 Å². The second-order valence-electron chi connectivity index (χ2n) is 6.90. The number of rotatable bonds is 8. The third-order valence-electron chi connectivity index (χ3n) is 3.67. The van der Waals surface area contributed by atoms with Crippen molar-refractivity contribution in [2.24, 2.45) is 5.41 Å². The summed E-state index contributed by atoms with van der Waals surface area (Å²) in [5, 5.41) is 0. The number of sulfonamides is 2. The van der Waals surface area contributed by atoms with Crippen molar-refractivity contribution in [1.82, 2.24) is 9.44 Å². The molecule has 1 aromatic rings. The summed E-state index contributed by atoms with van der Waals surface area (Å²) in [4.78, 5) is 11.7. The SMILES string of the molecule is CCC(C)NS(=O)(=O)c1ccc(S(=O)(=O)NCC(=O)C(C)(C)C)cc1. The number of carbonyl (C=O) groups is 1. The third-order valence-corrected chi connectivity index (χ3v) is 6.69. The zero-order chi connectivity index (χ0) is 19.5. The van der Waals surface area contributed by atoms with Crippen molar-refractivity contribution in [1.29, 1.82) is 0 Å². The van der Waals surface area contributed by atoms with Crippen LogP contribution in [0.1, 0.15) is 41.0 Å². The average Bonchev–Trinajstić information content (AvgIpc) is 2.51. The molecule has 25 heavy (non-hydrogen) atoms. The van der Waals surface area contributed by atoms with E-state index >= 15 is 0 Å². The highest BCUT2D eigenvalue weighted by atomic mass is 32.2. The summed E-state index contributed by atoms with van der Waals surface area (Å²) in [5.41, 5.74) is -0.651. The number of carbonyl (C=O) groups excluding carboxylic acids is 1. The second-order valence-corrected chi connectivity index (χ2v) is 10.4. The maximum atomic E-state index is 12.2. The molecule has 0 bridgehead atoms. The Morgan fingerprint density at radius 2 is 1.44 bits per heavy atom. The highest BCUT2D eigenvalue weighted by Gasteiger charge is 2.24. The molecule has 0 aliphatic heterocycles. The maximum Gasteiger partial charge on any atom is 0.240 e. The minimum Gasteiger partial charge on any atom is -0.298 e. The number of hydrogen-bond acceptors (Lipinski definition) is 5. The normalized spacial score (nSPS) is 14.3. The Bertz CT molecular complexity index is 807. The van der Waals surface area contributed by atoms with Crippen LogP contribution in [-0.4, -0.2) is 35.2 Å². The number of Topliss-reactive ketones (excluding diaryl/α,β-unsaturated/α-hetero) is 1. The third kappa shape index (κ3) is 6.18. The van der Waals surface area contributed by atoms with Gasteiger partial charge in [-0.25, -0.2) is 26.3 Å². The van der Waals surface area contributed by atoms with Crippen molar-refractivity contribution < 1.29 is 21.6 Å². The molecule has 0 amide bonds. The predicted molar refractivity (Wildman–Crippen MR) is 96.2 cm³/mol. The van der Waals surface area contributed by atoms with E-state index in [1.807, 2.05) is 6.92 Å². The first-order valence-electron chi connectivity index (χ1n) is 7.95. The summed E-state index contributed by atoms with van der Waals surface area (Å²) < 4.78 is 53.5. The van der Waals surface area contributed by atoms with E-state index in [1.165, 1.54) is 24.3 Å². The van der Waals surface area contributed by atoms with Crippen LogP contribution >= 0.6 is 0 Å². The number of benzene rings is 1. The smallest absolute Gasteiger partial charge is 0.240 e. The van der Waals surface area contributed by atoms with Crippen LogP contribution in [0.3, 0.4) is 0 Å². The summed E-state index contributed by atoms with van der Waals surface area (Å²) in [6.07, 6.45) is 0.636. The Morgan fingerprint density at radius 3 is 1.84 bits per heavy atom. The Morgan fingerprint density at radius 1 is 1.00 bits per heavy atom. The minimum absolute atomic E-state index is 0.0162. The van der Waals surface area contributed by atoms with Crippen LogP contribution in [0.2, 0.25) is 0 Å². The summed E-state index contributed by atoms with van der Waals surface area (Å²) in [7, 11) is -7.59. The zero-order valence-electron chi connectivity index (χ0n) is 15.2. The van der Waals surface area contributed by atoms with Gasteiger partial charge in [0.2, 0.25) is 20.0 Å². The Labute approximate surface area is 150 Å². The minimum atomic E-state index is -3.89. The molecule has 9 heteroatoms. The van der Waals surface area contributed by atoms with E-state index in [4.69, 9.17) is 0 Å². The van der Waals surface area contributed by atoms with Crippen molar-refractivity contribution in [2.45, 2.75) is 56.9 Å². The van der Waals surface area contributed by atoms with Gasteiger partial charge in [0.05, 0.1) is 16.3 Å². The molecule has 0 aliphatic carbocycles. The molecule has 142 valence electrons. The quantitative estimate of drug-likeness (QED) is 0.701. The van der Waals surface area contributed by atoms with Gasteiger partial charge in [-0.15, -0.1) is 0 Å². The van der Waals surface area contributed by atoms with Crippen LogP contribution in [0.25, 0.3) is 0 Å². The van der Waals surface area contributed by atoms with Crippen LogP contribution in [0, 0.1) is 5.41 Å². The van der Waals surface area contributed by atoms with Gasteiger partial charge in [-0.05, 0) is 37.6 Å². The van der Waals surface area contributed by atoms with Gasteiger partial charge < -0.3 is 0 Å². The number of hydrogen-bond donors (Lipinski definition) is 2. The second kappa shape index (κ2) is 7.94. The molecule has 0 heterocycles. The molecule has 1 atom stereocenters. The van der Waals surface area contributed by atoms with E-state index < -0.39 is 25.5 Å². The zero-order valence-corrected chi connectivity index (χ0v) is 16.8. The lowest BCUT2D eigenvalue weighted by molar-refractivity contribution is -0.125. The van der Waals surface area contributed by atoms with Gasteiger partial charge in [0, 0.05) is 11.5 Å². The standard InChI is InChI=1S/C16H26N2O5S2/c1-6-12(2)18-25(22,23)14-9-7-13(8-10-14)24(20,21)17-11-15(19)16(3,4)5/h7-10,12,17-18H,6,11H2,1-5H3. The molecular formula is C16H26N2O5S2. The number of nitrogens with one attached hydrogen (secondary N) is 2. The summed E-state index contributed by atoms with van der Waals surface area (Å²) >= 11 is 0. The van der Waals surface area contributed by atoms with E-state index in [-0.39, 0.29) is 28.2 Å². The molecule has 0 saturated heterocycles. The fraction of sp³-hybridized carbons (Fsp3) is 0.562. The van der Waals surface area contributed by atoms with Gasteiger partial charge in [0.15, 0.2) is 5.78 Å². The molecule has 0 spiro atoms. The lowest BCUT2D eigenvalue weighted by atomic mass is 9.91. The first kappa shape index (κ1) is 21.8. The molecule has 0 aliphatic rings. The summed E-state index contributed by atoms with van der Waals surface area (Å²) in [6.45, 7) is 8.39. The van der Waals surface area contributed by atoms with Crippen LogP contribution in [0.4, 0.5) is 0 Å². The first-order valence-corrected chi connectivity index (χ1v) is 10.9. The van der Waals surface area contributed by atoms with Crippen LogP contribution in [0.15, 0.2) is 34.1 Å². The molecule has 7 nitrogen and oxygen atoms in total. The first-order chi connectivity index (χ1) is 11.3. The molecule has 0 aromatic heterocycles. The van der Waals surface area contributed by atoms with Crippen LogP contribution in [-0.2, 0) is 24.8 Å².